The van der Waals surface area contributed by atoms with Crippen molar-refractivity contribution in [1.29, 1.82) is 0 Å². The van der Waals surface area contributed by atoms with E-state index in [4.69, 9.17) is 4.55 Å². The Morgan fingerprint density at radius 2 is 2.00 bits per heavy atom. The number of hydrogen-bond donors (Lipinski definition) is 1. The van der Waals surface area contributed by atoms with Crippen molar-refractivity contribution < 1.29 is 39.5 Å². The summed E-state index contributed by atoms with van der Waals surface area (Å²) in [6, 6.07) is 0. The van der Waals surface area contributed by atoms with Crippen molar-refractivity contribution >= 4 is 10.4 Å². The summed E-state index contributed by atoms with van der Waals surface area (Å²) in [6.07, 6.45) is 0. The normalized spacial score (nSPS) is 10.2. The van der Waals surface area contributed by atoms with E-state index in [1.807, 2.05) is 0 Å². The molecule has 0 aliphatic heterocycles. The van der Waals surface area contributed by atoms with Gasteiger partial charge in [-0.2, -0.15) is 8.42 Å². The molecule has 0 aromatic rings. The van der Waals surface area contributed by atoms with Crippen molar-refractivity contribution in [3.05, 3.63) is 0 Å². The quantitative estimate of drug-likeness (QED) is 0.531. The molecule has 1 radical (unpaired) electrons. The average molecular weight is 234 g/mol. The van der Waals surface area contributed by atoms with Crippen LogP contribution in [0.25, 0.3) is 0 Å². The van der Waals surface area contributed by atoms with Crippen molar-refractivity contribution in [2.45, 2.75) is 6.92 Å². The van der Waals surface area contributed by atoms with Crippen molar-refractivity contribution in [1.82, 2.24) is 0 Å². The molecule has 0 saturated heterocycles. The Morgan fingerprint density at radius 3 is 2.00 bits per heavy atom. The molecule has 8 heavy (non-hydrogen) atoms. The van der Waals surface area contributed by atoms with Crippen molar-refractivity contribution in [3.63, 3.8) is 0 Å². The Labute approximate surface area is 63.7 Å². The van der Waals surface area contributed by atoms with Gasteiger partial charge in [-0.25, -0.2) is 4.18 Å². The molecule has 0 unspecified atom stereocenters. The molecule has 0 saturated carbocycles. The van der Waals surface area contributed by atoms with Crippen LogP contribution in [0.1, 0.15) is 6.92 Å². The second-order valence-corrected chi connectivity index (χ2v) is 1.93. The molecule has 0 aromatic carbocycles. The fourth-order valence-electron chi connectivity index (χ4n) is 0.149. The SMILES string of the molecule is CCOS(=O)(=O)O.[Ag]. The van der Waals surface area contributed by atoms with Crippen LogP contribution in [0.3, 0.4) is 0 Å². The third kappa shape index (κ3) is 9.79. The molecular formula is C2H6AgO4S. The van der Waals surface area contributed by atoms with E-state index in [9.17, 15) is 8.42 Å². The Morgan fingerprint density at radius 1 is 1.62 bits per heavy atom. The van der Waals surface area contributed by atoms with Crippen LogP contribution in [0.5, 0.6) is 0 Å². The molecular weight excluding hydrogens is 228 g/mol. The Kier molecular flexibility index (Phi) is 6.40. The largest absolute Gasteiger partial charge is 0.397 e. The first-order valence-corrected chi connectivity index (χ1v) is 3.04. The zero-order valence-corrected chi connectivity index (χ0v) is 6.39. The molecule has 0 heterocycles. The first kappa shape index (κ1) is 11.4. The molecule has 0 atom stereocenters. The Hall–Kier alpha value is 0.610. The van der Waals surface area contributed by atoms with E-state index in [1.54, 1.807) is 0 Å². The Balaban J connectivity index is 0. The van der Waals surface area contributed by atoms with E-state index in [2.05, 4.69) is 4.18 Å². The maximum Gasteiger partial charge on any atom is 0.397 e. The fraction of sp³-hybridized carbons (Fsp3) is 1.00. The van der Waals surface area contributed by atoms with Crippen LogP contribution in [0.2, 0.25) is 0 Å². The van der Waals surface area contributed by atoms with Crippen LogP contribution in [-0.2, 0) is 37.0 Å². The van der Waals surface area contributed by atoms with E-state index in [0.29, 0.717) is 0 Å². The molecule has 6 heteroatoms. The van der Waals surface area contributed by atoms with Gasteiger partial charge in [0, 0.05) is 22.4 Å². The summed E-state index contributed by atoms with van der Waals surface area (Å²) in [5.74, 6) is 0. The minimum Gasteiger partial charge on any atom is -0.264 e. The van der Waals surface area contributed by atoms with Gasteiger partial charge >= 0.3 is 10.4 Å². The van der Waals surface area contributed by atoms with Gasteiger partial charge in [-0.05, 0) is 6.92 Å². The van der Waals surface area contributed by atoms with E-state index in [1.165, 1.54) is 6.92 Å². The molecule has 0 amide bonds. The summed E-state index contributed by atoms with van der Waals surface area (Å²) in [7, 11) is -4.17. The fourth-order valence-corrected chi connectivity index (χ4v) is 0.447. The molecule has 0 fully saturated rings. The molecule has 0 spiro atoms. The summed E-state index contributed by atoms with van der Waals surface area (Å²) >= 11 is 0. The average Bonchev–Trinajstić information content (AvgIpc) is 1.30. The van der Waals surface area contributed by atoms with Gasteiger partial charge in [0.15, 0.2) is 0 Å². The van der Waals surface area contributed by atoms with Crippen molar-refractivity contribution in [2.75, 3.05) is 6.61 Å². The minimum absolute atomic E-state index is 0. The molecule has 0 aliphatic carbocycles. The van der Waals surface area contributed by atoms with Crippen LogP contribution in [0, 0.1) is 0 Å². The van der Waals surface area contributed by atoms with E-state index in [0.717, 1.165) is 0 Å². The monoisotopic (exact) mass is 233 g/mol. The van der Waals surface area contributed by atoms with Crippen LogP contribution < -0.4 is 0 Å². The van der Waals surface area contributed by atoms with Crippen LogP contribution in [0.4, 0.5) is 0 Å². The molecule has 55 valence electrons. The van der Waals surface area contributed by atoms with Gasteiger partial charge in [-0.1, -0.05) is 0 Å². The summed E-state index contributed by atoms with van der Waals surface area (Å²) < 4.78 is 30.7. The smallest absolute Gasteiger partial charge is 0.264 e. The van der Waals surface area contributed by atoms with Crippen LogP contribution in [-0.4, -0.2) is 19.6 Å². The summed E-state index contributed by atoms with van der Waals surface area (Å²) in [5.41, 5.74) is 0. The predicted molar refractivity (Wildman–Crippen MR) is 23.2 cm³/mol. The standard InChI is InChI=1S/C2H6O4S.Ag/c1-2-6-7(3,4)5;/h2H2,1H3,(H,3,4,5);. The Bertz CT molecular complexity index is 127. The molecule has 0 aliphatic rings. The second kappa shape index (κ2) is 4.49. The van der Waals surface area contributed by atoms with E-state index in [-0.39, 0.29) is 29.0 Å². The zero-order valence-electron chi connectivity index (χ0n) is 4.09. The van der Waals surface area contributed by atoms with Crippen molar-refractivity contribution in [3.8, 4) is 0 Å². The van der Waals surface area contributed by atoms with Crippen molar-refractivity contribution in [2.24, 2.45) is 0 Å². The maximum atomic E-state index is 9.56. The third-order valence-corrected chi connectivity index (χ3v) is 0.800. The topological polar surface area (TPSA) is 63.6 Å². The van der Waals surface area contributed by atoms with Gasteiger partial charge in [0.1, 0.15) is 0 Å². The number of hydrogen-bond acceptors (Lipinski definition) is 3. The molecule has 0 aromatic heterocycles. The number of rotatable bonds is 2. The summed E-state index contributed by atoms with van der Waals surface area (Å²) in [6.45, 7) is 1.44. The zero-order chi connectivity index (χ0) is 5.91. The molecule has 0 rings (SSSR count). The van der Waals surface area contributed by atoms with Gasteiger partial charge in [-0.3, -0.25) is 4.55 Å². The van der Waals surface area contributed by atoms with E-state index >= 15 is 0 Å². The third-order valence-electron chi connectivity index (χ3n) is 0.267. The first-order chi connectivity index (χ1) is 3.06. The van der Waals surface area contributed by atoms with Crippen LogP contribution >= 0.6 is 0 Å². The molecule has 0 bridgehead atoms. The van der Waals surface area contributed by atoms with Crippen LogP contribution in [0.15, 0.2) is 0 Å². The second-order valence-electron chi connectivity index (χ2n) is 0.834. The minimum atomic E-state index is -4.17. The summed E-state index contributed by atoms with van der Waals surface area (Å²) in [4.78, 5) is 0. The maximum absolute atomic E-state index is 9.56. The van der Waals surface area contributed by atoms with Gasteiger partial charge in [0.2, 0.25) is 0 Å². The van der Waals surface area contributed by atoms with E-state index < -0.39 is 10.4 Å². The van der Waals surface area contributed by atoms with Gasteiger partial charge < -0.3 is 0 Å². The van der Waals surface area contributed by atoms with Gasteiger partial charge in [0.25, 0.3) is 0 Å². The first-order valence-electron chi connectivity index (χ1n) is 1.68. The van der Waals surface area contributed by atoms with Gasteiger partial charge in [0.05, 0.1) is 6.61 Å². The summed E-state index contributed by atoms with van der Waals surface area (Å²) in [5, 5.41) is 0. The molecule has 4 nitrogen and oxygen atoms in total. The molecule has 1 N–H and O–H groups in total. The van der Waals surface area contributed by atoms with Gasteiger partial charge in [-0.15, -0.1) is 0 Å². The predicted octanol–water partition coefficient (Wildman–Crippen LogP) is -0.177.